The van der Waals surface area contributed by atoms with Crippen LogP contribution in [0, 0.1) is 0 Å². The van der Waals surface area contributed by atoms with Crippen molar-refractivity contribution in [1.82, 2.24) is 10.2 Å². The van der Waals surface area contributed by atoms with Crippen LogP contribution in [0.5, 0.6) is 0 Å². The summed E-state index contributed by atoms with van der Waals surface area (Å²) in [5.41, 5.74) is 1.37. The Kier molecular flexibility index (Phi) is 4.89. The maximum atomic E-state index is 12.3. The lowest BCUT2D eigenvalue weighted by atomic mass is 10.1. The number of carbonyl (C=O) groups excluding carboxylic acids is 2. The summed E-state index contributed by atoms with van der Waals surface area (Å²) in [6.45, 7) is 4.81. The van der Waals surface area contributed by atoms with E-state index in [0.29, 0.717) is 17.1 Å². The number of carbonyl (C=O) groups is 2. The maximum absolute atomic E-state index is 12.3. The van der Waals surface area contributed by atoms with Gasteiger partial charge in [0.1, 0.15) is 5.01 Å². The molecule has 1 aliphatic rings. The molecule has 0 aliphatic carbocycles. The van der Waals surface area contributed by atoms with E-state index < -0.39 is 0 Å². The van der Waals surface area contributed by atoms with E-state index in [9.17, 15) is 9.59 Å². The molecule has 126 valence electrons. The summed E-state index contributed by atoms with van der Waals surface area (Å²) in [6, 6.07) is 7.10. The zero-order chi connectivity index (χ0) is 17.1. The lowest BCUT2D eigenvalue weighted by Gasteiger charge is -2.26. The average molecular weight is 344 g/mol. The molecule has 1 N–H and O–H groups in total. The first kappa shape index (κ1) is 16.6. The third-order valence-electron chi connectivity index (χ3n) is 3.92. The Morgan fingerprint density at radius 1 is 1.21 bits per heavy atom. The number of rotatable bonds is 4. The first-order valence-electron chi connectivity index (χ1n) is 8.10. The molecule has 2 aromatic rings. The van der Waals surface area contributed by atoms with Gasteiger partial charge in [0.15, 0.2) is 0 Å². The fourth-order valence-electron chi connectivity index (χ4n) is 2.56. The number of anilines is 2. The Morgan fingerprint density at radius 2 is 1.96 bits per heavy atom. The molecule has 2 amide bonds. The van der Waals surface area contributed by atoms with Crippen molar-refractivity contribution < 1.29 is 9.59 Å². The van der Waals surface area contributed by atoms with Gasteiger partial charge in [-0.3, -0.25) is 14.9 Å². The molecular weight excluding hydrogens is 324 g/mol. The van der Waals surface area contributed by atoms with Crippen LogP contribution in [0.1, 0.15) is 54.4 Å². The van der Waals surface area contributed by atoms with Gasteiger partial charge in [0, 0.05) is 30.1 Å². The Labute approximate surface area is 144 Å². The number of hydrogen-bond acceptors (Lipinski definition) is 5. The van der Waals surface area contributed by atoms with Crippen LogP contribution in [0.25, 0.3) is 0 Å². The summed E-state index contributed by atoms with van der Waals surface area (Å²) in [7, 11) is 0. The van der Waals surface area contributed by atoms with Crippen LogP contribution >= 0.6 is 11.3 Å². The monoisotopic (exact) mass is 344 g/mol. The van der Waals surface area contributed by atoms with Gasteiger partial charge in [-0.1, -0.05) is 25.2 Å². The van der Waals surface area contributed by atoms with Crippen molar-refractivity contribution in [3.8, 4) is 0 Å². The van der Waals surface area contributed by atoms with E-state index in [1.165, 1.54) is 11.3 Å². The second kappa shape index (κ2) is 7.09. The van der Waals surface area contributed by atoms with Gasteiger partial charge < -0.3 is 4.90 Å². The highest BCUT2D eigenvalue weighted by molar-refractivity contribution is 7.15. The van der Waals surface area contributed by atoms with Crippen molar-refractivity contribution in [3.05, 3.63) is 34.8 Å². The molecule has 0 unspecified atom stereocenters. The van der Waals surface area contributed by atoms with Gasteiger partial charge in [-0.25, -0.2) is 0 Å². The predicted octanol–water partition coefficient (Wildman–Crippen LogP) is 3.43. The fraction of sp³-hybridized carbons (Fsp3) is 0.412. The van der Waals surface area contributed by atoms with Crippen LogP contribution in [0.15, 0.2) is 24.3 Å². The molecule has 1 saturated heterocycles. The number of nitrogens with one attached hydrogen (secondary N) is 1. The van der Waals surface area contributed by atoms with E-state index >= 15 is 0 Å². The van der Waals surface area contributed by atoms with Gasteiger partial charge >= 0.3 is 0 Å². The van der Waals surface area contributed by atoms with Crippen LogP contribution in [0.2, 0.25) is 0 Å². The lowest BCUT2D eigenvalue weighted by molar-refractivity contribution is -0.119. The molecule has 7 heteroatoms. The van der Waals surface area contributed by atoms with Crippen molar-refractivity contribution in [2.75, 3.05) is 16.8 Å². The topological polar surface area (TPSA) is 75.2 Å². The smallest absolute Gasteiger partial charge is 0.257 e. The fourth-order valence-corrected chi connectivity index (χ4v) is 3.30. The Balaban J connectivity index is 1.68. The molecule has 0 saturated carbocycles. The minimum Gasteiger partial charge on any atom is -0.312 e. The molecule has 24 heavy (non-hydrogen) atoms. The van der Waals surface area contributed by atoms with Gasteiger partial charge in [0.05, 0.1) is 0 Å². The number of hydrogen-bond donors (Lipinski definition) is 1. The van der Waals surface area contributed by atoms with Crippen LogP contribution < -0.4 is 10.2 Å². The number of aromatic nitrogens is 2. The highest BCUT2D eigenvalue weighted by Gasteiger charge is 2.20. The molecule has 1 aromatic carbocycles. The average Bonchev–Trinajstić information content (AvgIpc) is 3.04. The van der Waals surface area contributed by atoms with Gasteiger partial charge in [0.2, 0.25) is 11.0 Å². The summed E-state index contributed by atoms with van der Waals surface area (Å²) in [5, 5.41) is 12.2. The summed E-state index contributed by atoms with van der Waals surface area (Å²) in [5.74, 6) is 0.209. The largest absolute Gasteiger partial charge is 0.312 e. The van der Waals surface area contributed by atoms with Crippen molar-refractivity contribution in [2.24, 2.45) is 0 Å². The standard InChI is InChI=1S/C17H20N4O2S/c1-11(2)16-19-20-17(24-16)18-15(23)12-6-8-13(9-7-12)21-10-4-3-5-14(21)22/h6-9,11H,3-5,10H2,1-2H3,(H,18,20,23). The number of amides is 2. The highest BCUT2D eigenvalue weighted by Crippen LogP contribution is 2.24. The first-order valence-corrected chi connectivity index (χ1v) is 8.91. The van der Waals surface area contributed by atoms with E-state index in [1.807, 2.05) is 26.0 Å². The van der Waals surface area contributed by atoms with E-state index in [0.717, 1.165) is 30.1 Å². The summed E-state index contributed by atoms with van der Waals surface area (Å²) in [6.07, 6.45) is 2.57. The van der Waals surface area contributed by atoms with E-state index in [-0.39, 0.29) is 17.7 Å². The Morgan fingerprint density at radius 3 is 2.58 bits per heavy atom. The second-order valence-electron chi connectivity index (χ2n) is 6.10. The molecule has 0 spiro atoms. The normalized spacial score (nSPS) is 15.0. The molecule has 3 rings (SSSR count). The lowest BCUT2D eigenvalue weighted by Crippen LogP contribution is -2.35. The van der Waals surface area contributed by atoms with Gasteiger partial charge in [0.25, 0.3) is 5.91 Å². The maximum Gasteiger partial charge on any atom is 0.257 e. The first-order chi connectivity index (χ1) is 11.5. The van der Waals surface area contributed by atoms with Gasteiger partial charge in [-0.2, -0.15) is 0 Å². The third-order valence-corrected chi connectivity index (χ3v) is 5.06. The van der Waals surface area contributed by atoms with E-state index in [4.69, 9.17) is 0 Å². The van der Waals surface area contributed by atoms with Gasteiger partial charge in [-0.15, -0.1) is 10.2 Å². The summed E-state index contributed by atoms with van der Waals surface area (Å²) >= 11 is 1.38. The third kappa shape index (κ3) is 3.62. The summed E-state index contributed by atoms with van der Waals surface area (Å²) in [4.78, 5) is 26.0. The molecule has 2 heterocycles. The second-order valence-corrected chi connectivity index (χ2v) is 7.11. The molecular formula is C17H20N4O2S. The predicted molar refractivity (Wildman–Crippen MR) is 94.6 cm³/mol. The molecule has 1 aliphatic heterocycles. The van der Waals surface area contributed by atoms with Crippen LogP contribution in [-0.2, 0) is 4.79 Å². The number of nitrogens with zero attached hydrogens (tertiary/aromatic N) is 3. The van der Waals surface area contributed by atoms with Crippen LogP contribution in [-0.4, -0.2) is 28.6 Å². The van der Waals surface area contributed by atoms with E-state index in [1.54, 1.807) is 17.0 Å². The molecule has 0 radical (unpaired) electrons. The van der Waals surface area contributed by atoms with Crippen molar-refractivity contribution >= 4 is 34.0 Å². The van der Waals surface area contributed by atoms with Crippen molar-refractivity contribution in [1.29, 1.82) is 0 Å². The number of piperidine rings is 1. The van der Waals surface area contributed by atoms with Gasteiger partial charge in [-0.05, 0) is 37.1 Å². The molecule has 1 aromatic heterocycles. The Bertz CT molecular complexity index is 739. The number of benzene rings is 1. The molecule has 0 bridgehead atoms. The van der Waals surface area contributed by atoms with E-state index in [2.05, 4.69) is 15.5 Å². The molecule has 1 fully saturated rings. The van der Waals surface area contributed by atoms with Crippen LogP contribution in [0.3, 0.4) is 0 Å². The van der Waals surface area contributed by atoms with Crippen molar-refractivity contribution in [2.45, 2.75) is 39.0 Å². The highest BCUT2D eigenvalue weighted by atomic mass is 32.1. The zero-order valence-corrected chi connectivity index (χ0v) is 14.6. The Hall–Kier alpha value is -2.28. The SMILES string of the molecule is CC(C)c1nnc(NC(=O)c2ccc(N3CCCCC3=O)cc2)s1. The summed E-state index contributed by atoms with van der Waals surface area (Å²) < 4.78 is 0. The zero-order valence-electron chi connectivity index (χ0n) is 13.8. The minimum atomic E-state index is -0.224. The minimum absolute atomic E-state index is 0.147. The van der Waals surface area contributed by atoms with Crippen molar-refractivity contribution in [3.63, 3.8) is 0 Å². The molecule has 0 atom stereocenters. The molecule has 6 nitrogen and oxygen atoms in total. The van der Waals surface area contributed by atoms with Crippen LogP contribution in [0.4, 0.5) is 10.8 Å². The quantitative estimate of drug-likeness (QED) is 0.922.